The highest BCUT2D eigenvalue weighted by Crippen LogP contribution is 2.22. The zero-order chi connectivity index (χ0) is 13.8. The second kappa shape index (κ2) is 5.94. The van der Waals surface area contributed by atoms with E-state index in [-0.39, 0.29) is 5.91 Å². The third kappa shape index (κ3) is 3.39. The highest BCUT2D eigenvalue weighted by atomic mass is 32.1. The van der Waals surface area contributed by atoms with Crippen LogP contribution in [0.5, 0.6) is 0 Å². The molecule has 0 unspecified atom stereocenters. The van der Waals surface area contributed by atoms with Crippen molar-refractivity contribution in [2.75, 3.05) is 26.4 Å². The molecule has 0 aliphatic rings. The predicted molar refractivity (Wildman–Crippen MR) is 76.8 cm³/mol. The molecule has 0 bridgehead atoms. The summed E-state index contributed by atoms with van der Waals surface area (Å²) in [6, 6.07) is 1.93. The first kappa shape index (κ1) is 13.7. The van der Waals surface area contributed by atoms with E-state index < -0.39 is 0 Å². The maximum atomic E-state index is 11.2. The van der Waals surface area contributed by atoms with Crippen LogP contribution in [-0.4, -0.2) is 41.4 Å². The molecular formula is C12H17N5OS. The quantitative estimate of drug-likeness (QED) is 0.847. The maximum Gasteiger partial charge on any atom is 0.221 e. The smallest absolute Gasteiger partial charge is 0.221 e. The molecule has 102 valence electrons. The molecule has 2 aromatic rings. The molecule has 0 saturated heterocycles. The predicted octanol–water partition coefficient (Wildman–Crippen LogP) is 0.841. The Labute approximate surface area is 115 Å². The first-order chi connectivity index (χ1) is 9.10. The number of nitrogens with one attached hydrogen (secondary N) is 1. The first-order valence-corrected chi connectivity index (χ1v) is 6.87. The summed E-state index contributed by atoms with van der Waals surface area (Å²) in [6.07, 6.45) is 0.462. The van der Waals surface area contributed by atoms with E-state index in [1.807, 2.05) is 23.4 Å². The van der Waals surface area contributed by atoms with Gasteiger partial charge < -0.3 is 11.1 Å². The molecular weight excluding hydrogens is 262 g/mol. The van der Waals surface area contributed by atoms with E-state index in [1.165, 1.54) is 0 Å². The average molecular weight is 279 g/mol. The third-order valence-corrected chi connectivity index (χ3v) is 3.62. The number of amides is 1. The molecule has 0 atom stereocenters. The molecule has 0 radical (unpaired) electrons. The molecule has 0 fully saturated rings. The number of hydrogen-bond donors (Lipinski definition) is 2. The van der Waals surface area contributed by atoms with Crippen molar-refractivity contribution >= 4 is 33.3 Å². The summed E-state index contributed by atoms with van der Waals surface area (Å²) < 4.78 is 0. The van der Waals surface area contributed by atoms with Crippen LogP contribution >= 0.6 is 11.3 Å². The van der Waals surface area contributed by atoms with Crippen molar-refractivity contribution in [2.45, 2.75) is 13.0 Å². The Balaban J connectivity index is 2.02. The van der Waals surface area contributed by atoms with Crippen LogP contribution < -0.4 is 11.1 Å². The number of carbonyl (C=O) groups is 1. The van der Waals surface area contributed by atoms with E-state index >= 15 is 0 Å². The fourth-order valence-electron chi connectivity index (χ4n) is 1.73. The maximum absolute atomic E-state index is 11.2. The molecule has 0 aliphatic carbocycles. The highest BCUT2D eigenvalue weighted by molar-refractivity contribution is 7.16. The minimum absolute atomic E-state index is 0.0287. The van der Waals surface area contributed by atoms with Crippen LogP contribution in [0.1, 0.15) is 12.2 Å². The Morgan fingerprint density at radius 1 is 1.53 bits per heavy atom. The summed E-state index contributed by atoms with van der Waals surface area (Å²) in [4.78, 5) is 22.8. The lowest BCUT2D eigenvalue weighted by Gasteiger charge is -2.15. The van der Waals surface area contributed by atoms with Crippen LogP contribution in [0.2, 0.25) is 0 Å². The van der Waals surface area contributed by atoms with Gasteiger partial charge in [-0.25, -0.2) is 9.97 Å². The van der Waals surface area contributed by atoms with E-state index in [1.54, 1.807) is 18.4 Å². The van der Waals surface area contributed by atoms with Crippen LogP contribution in [0.3, 0.4) is 0 Å². The number of nitrogens with zero attached hydrogens (tertiary/aromatic N) is 3. The summed E-state index contributed by atoms with van der Waals surface area (Å²) in [5.74, 6) is 1.23. The van der Waals surface area contributed by atoms with Gasteiger partial charge in [-0.15, -0.1) is 11.3 Å². The molecule has 19 heavy (non-hydrogen) atoms. The minimum Gasteiger partial charge on any atom is -0.383 e. The van der Waals surface area contributed by atoms with Crippen LogP contribution in [-0.2, 0) is 11.3 Å². The van der Waals surface area contributed by atoms with Gasteiger partial charge in [-0.05, 0) is 18.5 Å². The van der Waals surface area contributed by atoms with Gasteiger partial charge in [0.2, 0.25) is 5.91 Å². The van der Waals surface area contributed by atoms with Crippen molar-refractivity contribution in [1.29, 1.82) is 0 Å². The Kier molecular flexibility index (Phi) is 4.28. The molecule has 0 aromatic carbocycles. The molecule has 6 nitrogen and oxygen atoms in total. The molecule has 7 heteroatoms. The number of rotatable bonds is 5. The fourth-order valence-corrected chi connectivity index (χ4v) is 2.52. The second-order valence-corrected chi connectivity index (χ2v) is 5.22. The molecule has 3 N–H and O–H groups in total. The van der Waals surface area contributed by atoms with Crippen molar-refractivity contribution < 1.29 is 4.79 Å². The van der Waals surface area contributed by atoms with Crippen molar-refractivity contribution in [3.05, 3.63) is 17.3 Å². The monoisotopic (exact) mass is 279 g/mol. The lowest BCUT2D eigenvalue weighted by atomic mass is 10.3. The SMILES string of the molecule is CNC(=O)CCN(C)Cc1nc(N)c2ccsc2n1. The topological polar surface area (TPSA) is 84.1 Å². The zero-order valence-electron chi connectivity index (χ0n) is 11.0. The molecule has 0 aliphatic heterocycles. The molecule has 0 spiro atoms. The molecule has 0 saturated carbocycles. The normalized spacial score (nSPS) is 11.1. The van der Waals surface area contributed by atoms with E-state index in [0.29, 0.717) is 31.2 Å². The van der Waals surface area contributed by atoms with E-state index in [4.69, 9.17) is 5.73 Å². The Bertz CT molecular complexity index is 583. The fraction of sp³-hybridized carbons (Fsp3) is 0.417. The van der Waals surface area contributed by atoms with Crippen molar-refractivity contribution in [2.24, 2.45) is 0 Å². The number of nitrogens with two attached hydrogens (primary N) is 1. The number of fused-ring (bicyclic) bond motifs is 1. The molecule has 1 amide bonds. The average Bonchev–Trinajstić information content (AvgIpc) is 2.84. The van der Waals surface area contributed by atoms with Gasteiger partial charge in [-0.2, -0.15) is 0 Å². The number of thiophene rings is 1. The van der Waals surface area contributed by atoms with Gasteiger partial charge in [0.15, 0.2) is 0 Å². The van der Waals surface area contributed by atoms with E-state index in [2.05, 4.69) is 15.3 Å². The molecule has 2 heterocycles. The largest absolute Gasteiger partial charge is 0.383 e. The Morgan fingerprint density at radius 3 is 3.05 bits per heavy atom. The van der Waals surface area contributed by atoms with Crippen LogP contribution in [0.4, 0.5) is 5.82 Å². The van der Waals surface area contributed by atoms with Gasteiger partial charge in [0.05, 0.1) is 11.9 Å². The van der Waals surface area contributed by atoms with Crippen molar-refractivity contribution in [1.82, 2.24) is 20.2 Å². The second-order valence-electron chi connectivity index (χ2n) is 4.33. The van der Waals surface area contributed by atoms with Crippen molar-refractivity contribution in [3.8, 4) is 0 Å². The number of hydrogen-bond acceptors (Lipinski definition) is 6. The number of carbonyl (C=O) groups excluding carboxylic acids is 1. The van der Waals surface area contributed by atoms with Crippen LogP contribution in [0.25, 0.3) is 10.2 Å². The summed E-state index contributed by atoms with van der Waals surface area (Å²) in [5, 5.41) is 5.46. The summed E-state index contributed by atoms with van der Waals surface area (Å²) in [6.45, 7) is 1.24. The summed E-state index contributed by atoms with van der Waals surface area (Å²) >= 11 is 1.55. The van der Waals surface area contributed by atoms with Crippen molar-refractivity contribution in [3.63, 3.8) is 0 Å². The van der Waals surface area contributed by atoms with E-state index in [9.17, 15) is 4.79 Å². The van der Waals surface area contributed by atoms with Gasteiger partial charge in [0.1, 0.15) is 16.5 Å². The summed E-state index contributed by atoms with van der Waals surface area (Å²) in [5.41, 5.74) is 5.89. The third-order valence-electron chi connectivity index (χ3n) is 2.81. The lowest BCUT2D eigenvalue weighted by Crippen LogP contribution is -2.26. The molecule has 2 aromatic heterocycles. The zero-order valence-corrected chi connectivity index (χ0v) is 11.8. The standard InChI is InChI=1S/C12H17N5OS/c1-14-10(18)3-5-17(2)7-9-15-11(13)8-4-6-19-12(8)16-9/h4,6H,3,5,7H2,1-2H3,(H,14,18)(H2,13,15,16). The lowest BCUT2D eigenvalue weighted by molar-refractivity contribution is -0.120. The number of nitrogen functional groups attached to an aromatic ring is 1. The Hall–Kier alpha value is -1.73. The Morgan fingerprint density at radius 2 is 2.32 bits per heavy atom. The van der Waals surface area contributed by atoms with E-state index in [0.717, 1.165) is 10.2 Å². The van der Waals surface area contributed by atoms with Gasteiger partial charge >= 0.3 is 0 Å². The van der Waals surface area contributed by atoms with Gasteiger partial charge in [0.25, 0.3) is 0 Å². The van der Waals surface area contributed by atoms with Gasteiger partial charge in [-0.1, -0.05) is 0 Å². The van der Waals surface area contributed by atoms with Gasteiger partial charge in [-0.3, -0.25) is 9.69 Å². The van der Waals surface area contributed by atoms with Gasteiger partial charge in [0, 0.05) is 20.0 Å². The first-order valence-electron chi connectivity index (χ1n) is 5.99. The van der Waals surface area contributed by atoms with Crippen LogP contribution in [0, 0.1) is 0 Å². The molecule has 2 rings (SSSR count). The number of aromatic nitrogens is 2. The summed E-state index contributed by atoms with van der Waals surface area (Å²) in [7, 11) is 3.57. The number of anilines is 1. The highest BCUT2D eigenvalue weighted by Gasteiger charge is 2.09. The minimum atomic E-state index is 0.0287. The van der Waals surface area contributed by atoms with Crippen LogP contribution in [0.15, 0.2) is 11.4 Å².